The van der Waals surface area contributed by atoms with Crippen LogP contribution in [0.5, 0.6) is 0 Å². The minimum atomic E-state index is -3.68. The molecule has 0 aliphatic heterocycles. The molecule has 2 N–H and O–H groups in total. The molecule has 3 rings (SSSR count). The molecule has 3 aromatic rings. The monoisotopic (exact) mass is 420 g/mol. The van der Waals surface area contributed by atoms with Crippen LogP contribution in [0.25, 0.3) is 0 Å². The minimum absolute atomic E-state index is 0.159. The first-order chi connectivity index (χ1) is 12.8. The largest absolute Gasteiger partial charge is 0.322 e. The van der Waals surface area contributed by atoms with Gasteiger partial charge in [-0.05, 0) is 54.6 Å². The van der Waals surface area contributed by atoms with Crippen molar-refractivity contribution >= 4 is 50.5 Å². The molecule has 5 nitrogen and oxygen atoms in total. The summed E-state index contributed by atoms with van der Waals surface area (Å²) in [5.74, 6) is -0.356. The minimum Gasteiger partial charge on any atom is -0.322 e. The van der Waals surface area contributed by atoms with E-state index >= 15 is 0 Å². The van der Waals surface area contributed by atoms with Crippen LogP contribution in [-0.4, -0.2) is 14.3 Å². The first kappa shape index (κ1) is 19.2. The zero-order valence-corrected chi connectivity index (χ0v) is 16.1. The quantitative estimate of drug-likeness (QED) is 0.606. The Kier molecular flexibility index (Phi) is 5.70. The molecule has 0 atom stereocenters. The van der Waals surface area contributed by atoms with Crippen LogP contribution in [0.2, 0.25) is 10.0 Å². The molecular formula is C19H14Cl2N2O3S. The normalized spacial score (nSPS) is 11.0. The third-order valence-electron chi connectivity index (χ3n) is 3.63. The van der Waals surface area contributed by atoms with E-state index in [1.807, 2.05) is 0 Å². The lowest BCUT2D eigenvalue weighted by atomic mass is 10.2. The summed E-state index contributed by atoms with van der Waals surface area (Å²) in [5.41, 5.74) is 1.22. The number of nitrogens with one attached hydrogen (secondary N) is 2. The molecule has 27 heavy (non-hydrogen) atoms. The Labute approximate surface area is 167 Å². The van der Waals surface area contributed by atoms with E-state index in [2.05, 4.69) is 10.0 Å². The van der Waals surface area contributed by atoms with E-state index in [9.17, 15) is 13.2 Å². The van der Waals surface area contributed by atoms with Crippen molar-refractivity contribution in [1.29, 1.82) is 0 Å². The van der Waals surface area contributed by atoms with Crippen LogP contribution in [0.4, 0.5) is 11.4 Å². The first-order valence-corrected chi connectivity index (χ1v) is 10.0. The van der Waals surface area contributed by atoms with Gasteiger partial charge in [-0.25, -0.2) is 8.42 Å². The van der Waals surface area contributed by atoms with Gasteiger partial charge in [-0.1, -0.05) is 41.4 Å². The van der Waals surface area contributed by atoms with E-state index in [-0.39, 0.29) is 10.8 Å². The molecule has 138 valence electrons. The van der Waals surface area contributed by atoms with Crippen molar-refractivity contribution in [1.82, 2.24) is 0 Å². The van der Waals surface area contributed by atoms with Crippen molar-refractivity contribution in [2.24, 2.45) is 0 Å². The van der Waals surface area contributed by atoms with Crippen molar-refractivity contribution in [2.45, 2.75) is 4.90 Å². The van der Waals surface area contributed by atoms with E-state index in [0.29, 0.717) is 27.0 Å². The zero-order valence-electron chi connectivity index (χ0n) is 13.8. The van der Waals surface area contributed by atoms with E-state index < -0.39 is 10.0 Å². The van der Waals surface area contributed by atoms with Crippen LogP contribution in [0.3, 0.4) is 0 Å². The Morgan fingerprint density at radius 1 is 0.778 bits per heavy atom. The maximum atomic E-state index is 12.3. The number of carbonyl (C=O) groups excluding carboxylic acids is 1. The van der Waals surface area contributed by atoms with Crippen LogP contribution in [-0.2, 0) is 10.0 Å². The molecule has 0 aromatic heterocycles. The molecule has 0 saturated carbocycles. The molecule has 0 aliphatic rings. The summed E-state index contributed by atoms with van der Waals surface area (Å²) >= 11 is 11.8. The van der Waals surface area contributed by atoms with Crippen LogP contribution in [0.1, 0.15) is 10.4 Å². The maximum Gasteiger partial charge on any atom is 0.261 e. The fourth-order valence-corrected chi connectivity index (χ4v) is 3.66. The summed E-state index contributed by atoms with van der Waals surface area (Å²) in [5, 5.41) is 3.43. The lowest BCUT2D eigenvalue weighted by Crippen LogP contribution is -2.14. The second-order valence-electron chi connectivity index (χ2n) is 5.58. The Bertz CT molecular complexity index is 1070. The highest BCUT2D eigenvalue weighted by atomic mass is 35.5. The second-order valence-corrected chi connectivity index (χ2v) is 8.08. The van der Waals surface area contributed by atoms with Gasteiger partial charge in [-0.3, -0.25) is 9.52 Å². The highest BCUT2D eigenvalue weighted by Gasteiger charge is 2.14. The topological polar surface area (TPSA) is 75.3 Å². The molecule has 0 radical (unpaired) electrons. The first-order valence-electron chi connectivity index (χ1n) is 7.79. The number of rotatable bonds is 5. The van der Waals surface area contributed by atoms with Crippen molar-refractivity contribution in [3.05, 3.63) is 88.4 Å². The fourth-order valence-electron chi connectivity index (χ4n) is 2.28. The van der Waals surface area contributed by atoms with Gasteiger partial charge in [0.05, 0.1) is 14.9 Å². The number of amides is 1. The van der Waals surface area contributed by atoms with Gasteiger partial charge < -0.3 is 5.32 Å². The number of hydrogen-bond donors (Lipinski definition) is 2. The summed E-state index contributed by atoms with van der Waals surface area (Å²) in [6.07, 6.45) is 0. The van der Waals surface area contributed by atoms with Crippen molar-refractivity contribution in [2.75, 3.05) is 10.0 Å². The van der Waals surface area contributed by atoms with Crippen molar-refractivity contribution in [3.63, 3.8) is 0 Å². The Balaban J connectivity index is 1.71. The molecule has 8 heteroatoms. The van der Waals surface area contributed by atoms with Gasteiger partial charge in [0.1, 0.15) is 0 Å². The van der Waals surface area contributed by atoms with Crippen molar-refractivity contribution in [3.8, 4) is 0 Å². The Morgan fingerprint density at radius 2 is 1.41 bits per heavy atom. The van der Waals surface area contributed by atoms with Gasteiger partial charge in [0, 0.05) is 16.9 Å². The van der Waals surface area contributed by atoms with Gasteiger partial charge in [-0.15, -0.1) is 0 Å². The highest BCUT2D eigenvalue weighted by Crippen LogP contribution is 2.25. The van der Waals surface area contributed by atoms with Crippen molar-refractivity contribution < 1.29 is 13.2 Å². The number of anilines is 2. The molecular weight excluding hydrogens is 407 g/mol. The third kappa shape index (κ3) is 4.80. The molecule has 0 saturated heterocycles. The standard InChI is InChI=1S/C19H14Cl2N2O3S/c20-17-11-10-15(12-18(17)21)22-19(24)13-6-8-14(9-7-13)23-27(25,26)16-4-2-1-3-5-16/h1-12,23H,(H,22,24). The third-order valence-corrected chi connectivity index (χ3v) is 5.77. The number of hydrogen-bond acceptors (Lipinski definition) is 3. The smallest absolute Gasteiger partial charge is 0.261 e. The van der Waals surface area contributed by atoms with Gasteiger partial charge in [0.25, 0.3) is 15.9 Å². The highest BCUT2D eigenvalue weighted by molar-refractivity contribution is 7.92. The summed E-state index contributed by atoms with van der Waals surface area (Å²) in [6.45, 7) is 0. The van der Waals surface area contributed by atoms with Gasteiger partial charge >= 0.3 is 0 Å². The summed E-state index contributed by atoms with van der Waals surface area (Å²) < 4.78 is 27.1. The molecule has 0 fully saturated rings. The van der Waals surface area contributed by atoms with E-state index in [4.69, 9.17) is 23.2 Å². The predicted octanol–water partition coefficient (Wildman–Crippen LogP) is 5.05. The van der Waals surface area contributed by atoms with Crippen LogP contribution >= 0.6 is 23.2 Å². The summed E-state index contributed by atoms with van der Waals surface area (Å²) in [4.78, 5) is 12.5. The Morgan fingerprint density at radius 3 is 2.04 bits per heavy atom. The van der Waals surface area contributed by atoms with Crippen LogP contribution < -0.4 is 10.0 Å². The van der Waals surface area contributed by atoms with Gasteiger partial charge in [0.2, 0.25) is 0 Å². The molecule has 0 bridgehead atoms. The molecule has 0 aliphatic carbocycles. The molecule has 0 unspecified atom stereocenters. The molecule has 3 aromatic carbocycles. The zero-order chi connectivity index (χ0) is 19.4. The molecule has 0 spiro atoms. The summed E-state index contributed by atoms with van der Waals surface area (Å²) in [7, 11) is -3.68. The number of halogens is 2. The van der Waals surface area contributed by atoms with Gasteiger partial charge in [-0.2, -0.15) is 0 Å². The number of sulfonamides is 1. The predicted molar refractivity (Wildman–Crippen MR) is 108 cm³/mol. The number of carbonyl (C=O) groups is 1. The fraction of sp³-hybridized carbons (Fsp3) is 0. The molecule has 0 heterocycles. The maximum absolute atomic E-state index is 12.3. The second kappa shape index (κ2) is 8.00. The average molecular weight is 421 g/mol. The number of benzene rings is 3. The Hall–Kier alpha value is -2.54. The van der Waals surface area contributed by atoms with Crippen LogP contribution in [0, 0.1) is 0 Å². The SMILES string of the molecule is O=C(Nc1ccc(Cl)c(Cl)c1)c1ccc(NS(=O)(=O)c2ccccc2)cc1. The van der Waals surface area contributed by atoms with E-state index in [1.54, 1.807) is 36.4 Å². The summed E-state index contributed by atoms with van der Waals surface area (Å²) in [6, 6.07) is 18.9. The lowest BCUT2D eigenvalue weighted by molar-refractivity contribution is 0.102. The molecule has 1 amide bonds. The van der Waals surface area contributed by atoms with E-state index in [0.717, 1.165) is 0 Å². The van der Waals surface area contributed by atoms with Crippen LogP contribution in [0.15, 0.2) is 77.7 Å². The van der Waals surface area contributed by atoms with E-state index in [1.165, 1.54) is 36.4 Å². The lowest BCUT2D eigenvalue weighted by Gasteiger charge is -2.09. The van der Waals surface area contributed by atoms with Gasteiger partial charge in [0.15, 0.2) is 0 Å². The average Bonchev–Trinajstić information content (AvgIpc) is 2.66.